The normalized spacial score (nSPS) is 12.9. The molecule has 27 heavy (non-hydrogen) atoms. The van der Waals surface area contributed by atoms with E-state index in [4.69, 9.17) is 11.6 Å². The summed E-state index contributed by atoms with van der Waals surface area (Å²) < 4.78 is 36.8. The van der Waals surface area contributed by atoms with Crippen molar-refractivity contribution in [2.75, 3.05) is 5.32 Å². The number of hydrogen-bond donors (Lipinski definition) is 2. The minimum Gasteiger partial charge on any atom is -0.359 e. The third-order valence-electron chi connectivity index (χ3n) is 3.91. The first-order chi connectivity index (χ1) is 12.7. The van der Waals surface area contributed by atoms with E-state index in [1.807, 2.05) is 0 Å². The summed E-state index contributed by atoms with van der Waals surface area (Å²) in [6.07, 6.45) is 0.0630. The van der Waals surface area contributed by atoms with Crippen LogP contribution in [-0.2, 0) is 4.79 Å². The lowest BCUT2D eigenvalue weighted by Gasteiger charge is -2.14. The van der Waals surface area contributed by atoms with Crippen LogP contribution >= 0.6 is 11.6 Å². The molecule has 0 bridgehead atoms. The number of rotatable bonds is 6. The van der Waals surface area contributed by atoms with E-state index in [1.54, 1.807) is 12.3 Å². The summed E-state index contributed by atoms with van der Waals surface area (Å²) in [4.78, 5) is 27.5. The van der Waals surface area contributed by atoms with Crippen LogP contribution in [0.1, 0.15) is 19.8 Å². The Morgan fingerprint density at radius 2 is 2.11 bits per heavy atom. The lowest BCUT2D eigenvalue weighted by atomic mass is 10.1. The van der Waals surface area contributed by atoms with Gasteiger partial charge in [-0.05, 0) is 13.0 Å². The zero-order chi connectivity index (χ0) is 19.6. The van der Waals surface area contributed by atoms with Crippen molar-refractivity contribution in [2.24, 2.45) is 0 Å². The average molecular weight is 398 g/mol. The Bertz CT molecular complexity index is 973. The van der Waals surface area contributed by atoms with E-state index in [0.29, 0.717) is 21.9 Å². The van der Waals surface area contributed by atoms with Crippen molar-refractivity contribution < 1.29 is 18.0 Å². The fourth-order valence-electron chi connectivity index (χ4n) is 2.54. The molecule has 0 amide bonds. The van der Waals surface area contributed by atoms with Gasteiger partial charge >= 0.3 is 6.18 Å². The van der Waals surface area contributed by atoms with Gasteiger partial charge in [-0.25, -0.2) is 9.97 Å². The largest absolute Gasteiger partial charge is 0.389 e. The van der Waals surface area contributed by atoms with Crippen molar-refractivity contribution >= 4 is 34.2 Å². The second kappa shape index (κ2) is 7.51. The Kier molecular flexibility index (Phi) is 5.31. The van der Waals surface area contributed by atoms with Gasteiger partial charge in [0.25, 0.3) is 0 Å². The van der Waals surface area contributed by atoms with Crippen LogP contribution in [0.15, 0.2) is 30.9 Å². The van der Waals surface area contributed by atoms with E-state index in [0.717, 1.165) is 5.39 Å². The van der Waals surface area contributed by atoms with E-state index in [9.17, 15) is 18.0 Å². The number of fused-ring (bicyclic) bond motifs is 1. The molecular weight excluding hydrogens is 383 g/mol. The van der Waals surface area contributed by atoms with Crippen LogP contribution < -0.4 is 5.32 Å². The first kappa shape index (κ1) is 19.1. The number of alkyl halides is 3. The number of ketones is 1. The van der Waals surface area contributed by atoms with Crippen LogP contribution in [0.4, 0.5) is 19.0 Å². The van der Waals surface area contributed by atoms with Gasteiger partial charge in [-0.1, -0.05) is 11.6 Å². The molecule has 3 aromatic rings. The molecule has 0 radical (unpaired) electrons. The summed E-state index contributed by atoms with van der Waals surface area (Å²) in [5, 5.41) is 4.02. The summed E-state index contributed by atoms with van der Waals surface area (Å²) >= 11 is 5.99. The highest BCUT2D eigenvalue weighted by atomic mass is 35.5. The number of nitrogens with zero attached hydrogens (tertiary/aromatic N) is 3. The van der Waals surface area contributed by atoms with Gasteiger partial charge in [0.15, 0.2) is 5.78 Å². The fourth-order valence-corrected chi connectivity index (χ4v) is 2.70. The first-order valence-electron chi connectivity index (χ1n) is 8.04. The summed E-state index contributed by atoms with van der Waals surface area (Å²) in [5.74, 6) is -0.271. The minimum absolute atomic E-state index is 0.282. The lowest BCUT2D eigenvalue weighted by molar-refractivity contribution is -0.143. The van der Waals surface area contributed by atoms with E-state index in [1.165, 1.54) is 25.5 Å². The summed E-state index contributed by atoms with van der Waals surface area (Å²) in [6.45, 7) is 1.49. The Morgan fingerprint density at radius 1 is 1.33 bits per heavy atom. The molecule has 0 unspecified atom stereocenters. The number of aromatic amines is 1. The molecular formula is C17H15ClF3N5O. The molecule has 3 heterocycles. The van der Waals surface area contributed by atoms with E-state index < -0.39 is 30.8 Å². The second-order valence-corrected chi connectivity index (χ2v) is 6.43. The Morgan fingerprint density at radius 3 is 2.85 bits per heavy atom. The number of halogens is 4. The predicted molar refractivity (Wildman–Crippen MR) is 95.5 cm³/mol. The van der Waals surface area contributed by atoms with E-state index in [2.05, 4.69) is 25.3 Å². The molecule has 3 rings (SSSR count). The summed E-state index contributed by atoms with van der Waals surface area (Å²) in [6, 6.07) is 0.914. The molecule has 0 fully saturated rings. The molecule has 0 aliphatic carbocycles. The maximum absolute atomic E-state index is 12.3. The van der Waals surface area contributed by atoms with Crippen molar-refractivity contribution in [1.82, 2.24) is 19.9 Å². The van der Waals surface area contributed by atoms with Gasteiger partial charge in [0.05, 0.1) is 35.6 Å². The Hall–Kier alpha value is -2.68. The van der Waals surface area contributed by atoms with Crippen molar-refractivity contribution in [1.29, 1.82) is 0 Å². The minimum atomic E-state index is -4.36. The molecule has 0 aliphatic heterocycles. The van der Waals surface area contributed by atoms with Crippen molar-refractivity contribution in [3.63, 3.8) is 0 Å². The number of hydrogen-bond acceptors (Lipinski definition) is 5. The third kappa shape index (κ3) is 4.73. The molecule has 3 aromatic heterocycles. The number of carbonyl (C=O) groups is 1. The summed E-state index contributed by atoms with van der Waals surface area (Å²) in [7, 11) is 0. The highest BCUT2D eigenvalue weighted by Gasteiger charge is 2.29. The molecule has 6 nitrogen and oxygen atoms in total. The van der Waals surface area contributed by atoms with Gasteiger partial charge in [0, 0.05) is 29.8 Å². The zero-order valence-electron chi connectivity index (χ0n) is 14.1. The fraction of sp³-hybridized carbons (Fsp3) is 0.294. The maximum atomic E-state index is 12.3. The summed E-state index contributed by atoms with van der Waals surface area (Å²) in [5.41, 5.74) is 1.85. The van der Waals surface area contributed by atoms with Crippen molar-refractivity contribution in [2.45, 2.75) is 32.0 Å². The topological polar surface area (TPSA) is 83.6 Å². The first-order valence-corrected chi connectivity index (χ1v) is 8.42. The molecule has 0 saturated heterocycles. The van der Waals surface area contributed by atoms with Gasteiger partial charge in [-0.15, -0.1) is 0 Å². The van der Waals surface area contributed by atoms with Crippen LogP contribution in [0.3, 0.4) is 0 Å². The molecule has 10 heteroatoms. The van der Waals surface area contributed by atoms with Gasteiger partial charge in [0.2, 0.25) is 0 Å². The molecule has 142 valence electrons. The maximum Gasteiger partial charge on any atom is 0.389 e. The number of H-pyrrole nitrogens is 1. The number of nitrogens with one attached hydrogen (secondary N) is 2. The zero-order valence-corrected chi connectivity index (χ0v) is 14.9. The Labute approximate surface area is 157 Å². The molecule has 0 spiro atoms. The van der Waals surface area contributed by atoms with E-state index >= 15 is 0 Å². The van der Waals surface area contributed by atoms with Gasteiger partial charge in [-0.3, -0.25) is 9.78 Å². The monoisotopic (exact) mass is 397 g/mol. The highest BCUT2D eigenvalue weighted by molar-refractivity contribution is 6.31. The number of pyridine rings is 1. The molecule has 1 atom stereocenters. The van der Waals surface area contributed by atoms with Gasteiger partial charge < -0.3 is 10.3 Å². The molecule has 2 N–H and O–H groups in total. The quantitative estimate of drug-likeness (QED) is 0.644. The number of carbonyl (C=O) groups excluding carboxylic acids is 1. The third-order valence-corrected chi connectivity index (χ3v) is 4.12. The van der Waals surface area contributed by atoms with Gasteiger partial charge in [0.1, 0.15) is 11.5 Å². The highest BCUT2D eigenvalue weighted by Crippen LogP contribution is 2.28. The van der Waals surface area contributed by atoms with Crippen LogP contribution in [0.25, 0.3) is 22.3 Å². The average Bonchev–Trinajstić information content (AvgIpc) is 3.02. The van der Waals surface area contributed by atoms with Gasteiger partial charge in [-0.2, -0.15) is 13.2 Å². The van der Waals surface area contributed by atoms with Crippen molar-refractivity contribution in [3.05, 3.63) is 35.9 Å². The standard InChI is InChI=1S/C17H15ClF3N5O/c1-9(14(27)2-3-17(19,20)21)25-15-8-22-7-13(26-15)12-6-24-16-11(12)4-10(18)5-23-16/h4-9H,2-3H2,1H3,(H,23,24)(H,25,26)/t9-/m0/s1. The molecule has 0 aromatic carbocycles. The predicted octanol–water partition coefficient (Wildman–Crippen LogP) is 4.39. The second-order valence-electron chi connectivity index (χ2n) is 5.99. The lowest BCUT2D eigenvalue weighted by Crippen LogP contribution is -2.27. The van der Waals surface area contributed by atoms with Crippen molar-refractivity contribution in [3.8, 4) is 11.3 Å². The van der Waals surface area contributed by atoms with Crippen LogP contribution in [0.2, 0.25) is 5.02 Å². The van der Waals surface area contributed by atoms with E-state index in [-0.39, 0.29) is 5.82 Å². The smallest absolute Gasteiger partial charge is 0.359 e. The Balaban J connectivity index is 1.77. The number of aromatic nitrogens is 4. The molecule has 0 aliphatic rings. The number of Topliss-reactive ketones (excluding diaryl/α,β-unsaturated/α-hetero) is 1. The molecule has 0 saturated carbocycles. The van der Waals surface area contributed by atoms with Crippen LogP contribution in [-0.4, -0.2) is 37.9 Å². The van der Waals surface area contributed by atoms with Crippen LogP contribution in [0.5, 0.6) is 0 Å². The number of anilines is 1. The van der Waals surface area contributed by atoms with Crippen LogP contribution in [0, 0.1) is 0 Å². The SMILES string of the molecule is C[C@H](Nc1cncc(-c2c[nH]c3ncc(Cl)cc23)n1)C(=O)CCC(F)(F)F.